The minimum atomic E-state index is -3.74. The fourth-order valence-corrected chi connectivity index (χ4v) is 2.75. The molecule has 0 spiro atoms. The van der Waals surface area contributed by atoms with Gasteiger partial charge in [0.2, 0.25) is 15.9 Å². The van der Waals surface area contributed by atoms with E-state index in [0.717, 1.165) is 5.65 Å². The first-order chi connectivity index (χ1) is 11.4. The van der Waals surface area contributed by atoms with Crippen molar-refractivity contribution in [2.24, 2.45) is 5.14 Å². The van der Waals surface area contributed by atoms with Crippen LogP contribution in [0.1, 0.15) is 12.2 Å². The fourth-order valence-electron chi connectivity index (χ4n) is 2.24. The van der Waals surface area contributed by atoms with Gasteiger partial charge in [-0.3, -0.25) is 9.20 Å². The largest absolute Gasteiger partial charge is 0.326 e. The van der Waals surface area contributed by atoms with Crippen LogP contribution in [0.3, 0.4) is 0 Å². The number of aromatic nitrogens is 3. The summed E-state index contributed by atoms with van der Waals surface area (Å²) in [4.78, 5) is 12.0. The van der Waals surface area contributed by atoms with E-state index in [1.54, 1.807) is 0 Å². The van der Waals surface area contributed by atoms with Crippen LogP contribution in [0, 0.1) is 0 Å². The molecule has 0 bridgehead atoms. The maximum Gasteiger partial charge on any atom is 0.238 e. The zero-order valence-electron chi connectivity index (χ0n) is 12.6. The molecular weight excluding hydrogens is 330 g/mol. The molecule has 0 saturated heterocycles. The number of primary sulfonamides is 1. The monoisotopic (exact) mass is 345 g/mol. The van der Waals surface area contributed by atoms with Crippen molar-refractivity contribution in [2.75, 3.05) is 5.32 Å². The van der Waals surface area contributed by atoms with Crippen molar-refractivity contribution in [1.82, 2.24) is 14.6 Å². The molecule has 3 aromatic rings. The van der Waals surface area contributed by atoms with Crippen molar-refractivity contribution in [2.45, 2.75) is 17.7 Å². The summed E-state index contributed by atoms with van der Waals surface area (Å²) in [7, 11) is -3.74. The normalized spacial score (nSPS) is 11.5. The Morgan fingerprint density at radius 2 is 1.88 bits per heavy atom. The van der Waals surface area contributed by atoms with Gasteiger partial charge in [-0.2, -0.15) is 0 Å². The fraction of sp³-hybridized carbons (Fsp3) is 0.133. The molecule has 2 heterocycles. The number of rotatable bonds is 5. The number of hydrogen-bond acceptors (Lipinski definition) is 5. The van der Waals surface area contributed by atoms with Gasteiger partial charge in [0.25, 0.3) is 0 Å². The summed E-state index contributed by atoms with van der Waals surface area (Å²) in [5, 5.41) is 15.8. The van der Waals surface area contributed by atoms with Crippen molar-refractivity contribution in [3.05, 3.63) is 54.5 Å². The first-order valence-electron chi connectivity index (χ1n) is 7.15. The molecule has 1 amide bonds. The molecule has 0 atom stereocenters. The lowest BCUT2D eigenvalue weighted by atomic mass is 10.2. The van der Waals surface area contributed by atoms with E-state index >= 15 is 0 Å². The molecule has 3 rings (SSSR count). The molecule has 0 radical (unpaired) electrons. The SMILES string of the molecule is NS(=O)(=O)c1ccc(NC(=O)CCc2nnc3ccccn23)cc1. The summed E-state index contributed by atoms with van der Waals surface area (Å²) in [6, 6.07) is 11.2. The van der Waals surface area contributed by atoms with Crippen LogP contribution < -0.4 is 10.5 Å². The van der Waals surface area contributed by atoms with Crippen molar-refractivity contribution < 1.29 is 13.2 Å². The number of benzene rings is 1. The quantitative estimate of drug-likeness (QED) is 0.713. The summed E-state index contributed by atoms with van der Waals surface area (Å²) in [5.74, 6) is 0.497. The Balaban J connectivity index is 1.62. The van der Waals surface area contributed by atoms with E-state index in [1.807, 2.05) is 28.8 Å². The molecule has 2 aromatic heterocycles. The summed E-state index contributed by atoms with van der Waals surface area (Å²) < 4.78 is 24.2. The third kappa shape index (κ3) is 3.58. The van der Waals surface area contributed by atoms with Gasteiger partial charge in [-0.1, -0.05) is 6.07 Å². The molecule has 9 heteroatoms. The van der Waals surface area contributed by atoms with Crippen molar-refractivity contribution in [3.63, 3.8) is 0 Å². The van der Waals surface area contributed by atoms with Crippen LogP contribution in [0.25, 0.3) is 5.65 Å². The number of nitrogens with zero attached hydrogens (tertiary/aromatic N) is 3. The van der Waals surface area contributed by atoms with Gasteiger partial charge in [0.15, 0.2) is 5.65 Å². The van der Waals surface area contributed by atoms with Crippen LogP contribution in [0.15, 0.2) is 53.6 Å². The molecule has 0 fully saturated rings. The van der Waals surface area contributed by atoms with E-state index in [1.165, 1.54) is 24.3 Å². The third-order valence-corrected chi connectivity index (χ3v) is 4.36. The highest BCUT2D eigenvalue weighted by Crippen LogP contribution is 2.13. The Bertz CT molecular complexity index is 980. The minimum Gasteiger partial charge on any atom is -0.326 e. The van der Waals surface area contributed by atoms with Gasteiger partial charge in [0.1, 0.15) is 5.82 Å². The van der Waals surface area contributed by atoms with E-state index in [0.29, 0.717) is 17.9 Å². The number of fused-ring (bicyclic) bond motifs is 1. The summed E-state index contributed by atoms with van der Waals surface area (Å²) in [6.45, 7) is 0. The Hall–Kier alpha value is -2.78. The van der Waals surface area contributed by atoms with Crippen molar-refractivity contribution in [3.8, 4) is 0 Å². The number of amides is 1. The van der Waals surface area contributed by atoms with Crippen LogP contribution in [0.5, 0.6) is 0 Å². The van der Waals surface area contributed by atoms with Gasteiger partial charge in [-0.05, 0) is 36.4 Å². The number of nitrogens with one attached hydrogen (secondary N) is 1. The summed E-state index contributed by atoms with van der Waals surface area (Å²) in [6.07, 6.45) is 2.51. The maximum absolute atomic E-state index is 12.0. The number of pyridine rings is 1. The molecule has 1 aromatic carbocycles. The van der Waals surface area contributed by atoms with E-state index in [-0.39, 0.29) is 17.2 Å². The maximum atomic E-state index is 12.0. The first kappa shape index (κ1) is 16.1. The van der Waals surface area contributed by atoms with Crippen LogP contribution in [0.4, 0.5) is 5.69 Å². The average molecular weight is 345 g/mol. The number of sulfonamides is 1. The van der Waals surface area contributed by atoms with Gasteiger partial charge in [-0.15, -0.1) is 10.2 Å². The topological polar surface area (TPSA) is 119 Å². The zero-order valence-corrected chi connectivity index (χ0v) is 13.4. The highest BCUT2D eigenvalue weighted by molar-refractivity contribution is 7.89. The molecule has 8 nitrogen and oxygen atoms in total. The van der Waals surface area contributed by atoms with Crippen molar-refractivity contribution in [1.29, 1.82) is 0 Å². The van der Waals surface area contributed by atoms with E-state index in [9.17, 15) is 13.2 Å². The number of carbonyl (C=O) groups excluding carboxylic acids is 1. The molecular formula is C15H15N5O3S. The van der Waals surface area contributed by atoms with E-state index < -0.39 is 10.0 Å². The molecule has 124 valence electrons. The van der Waals surface area contributed by atoms with Gasteiger partial charge < -0.3 is 5.32 Å². The van der Waals surface area contributed by atoms with Crippen LogP contribution >= 0.6 is 0 Å². The zero-order chi connectivity index (χ0) is 17.2. The average Bonchev–Trinajstić information content (AvgIpc) is 2.96. The number of anilines is 1. The van der Waals surface area contributed by atoms with Gasteiger partial charge in [0.05, 0.1) is 4.90 Å². The lowest BCUT2D eigenvalue weighted by Crippen LogP contribution is -2.14. The molecule has 3 N–H and O–H groups in total. The lowest BCUT2D eigenvalue weighted by molar-refractivity contribution is -0.116. The summed E-state index contributed by atoms with van der Waals surface area (Å²) in [5.41, 5.74) is 1.23. The Morgan fingerprint density at radius 3 is 2.58 bits per heavy atom. The number of aryl methyl sites for hydroxylation is 1. The Labute approximate surface area is 138 Å². The van der Waals surface area contributed by atoms with Crippen LogP contribution in [-0.2, 0) is 21.2 Å². The molecule has 0 saturated carbocycles. The van der Waals surface area contributed by atoms with Gasteiger partial charge in [0, 0.05) is 24.7 Å². The van der Waals surface area contributed by atoms with Crippen LogP contribution in [0.2, 0.25) is 0 Å². The van der Waals surface area contributed by atoms with E-state index in [2.05, 4.69) is 15.5 Å². The molecule has 0 aliphatic rings. The lowest BCUT2D eigenvalue weighted by Gasteiger charge is -2.05. The predicted molar refractivity (Wildman–Crippen MR) is 87.8 cm³/mol. The number of hydrogen-bond donors (Lipinski definition) is 2. The van der Waals surface area contributed by atoms with Gasteiger partial charge in [-0.25, -0.2) is 13.6 Å². The second-order valence-electron chi connectivity index (χ2n) is 5.16. The van der Waals surface area contributed by atoms with Crippen molar-refractivity contribution >= 4 is 27.3 Å². The molecule has 0 aliphatic carbocycles. The second-order valence-corrected chi connectivity index (χ2v) is 6.72. The third-order valence-electron chi connectivity index (χ3n) is 3.43. The number of carbonyl (C=O) groups is 1. The Morgan fingerprint density at radius 1 is 1.12 bits per heavy atom. The molecule has 0 aliphatic heterocycles. The Kier molecular flexibility index (Phi) is 4.28. The smallest absolute Gasteiger partial charge is 0.238 e. The highest BCUT2D eigenvalue weighted by Gasteiger charge is 2.10. The van der Waals surface area contributed by atoms with Gasteiger partial charge >= 0.3 is 0 Å². The number of nitrogens with two attached hydrogens (primary N) is 1. The summed E-state index contributed by atoms with van der Waals surface area (Å²) >= 11 is 0. The standard InChI is InChI=1S/C15H15N5O3S/c16-24(22,23)12-6-4-11(5-7-12)17-15(21)9-8-14-19-18-13-3-1-2-10-20(13)14/h1-7,10H,8-9H2,(H,17,21)(H2,16,22,23). The molecule has 24 heavy (non-hydrogen) atoms. The first-order valence-corrected chi connectivity index (χ1v) is 8.69. The molecule has 0 unspecified atom stereocenters. The van der Waals surface area contributed by atoms with Crippen LogP contribution in [-0.4, -0.2) is 28.9 Å². The minimum absolute atomic E-state index is 0.00423. The second kappa shape index (κ2) is 6.38. The predicted octanol–water partition coefficient (Wildman–Crippen LogP) is 0.948. The highest BCUT2D eigenvalue weighted by atomic mass is 32.2. The van der Waals surface area contributed by atoms with E-state index in [4.69, 9.17) is 5.14 Å².